The second-order valence-electron chi connectivity index (χ2n) is 7.66. The van der Waals surface area contributed by atoms with Gasteiger partial charge < -0.3 is 10.1 Å². The van der Waals surface area contributed by atoms with Gasteiger partial charge in [0.25, 0.3) is 0 Å². The van der Waals surface area contributed by atoms with Crippen LogP contribution in [0.1, 0.15) is 23.7 Å². The van der Waals surface area contributed by atoms with Crippen LogP contribution in [-0.2, 0) is 13.1 Å². The van der Waals surface area contributed by atoms with Crippen LogP contribution in [0.3, 0.4) is 0 Å². The highest BCUT2D eigenvalue weighted by molar-refractivity contribution is 5.55. The van der Waals surface area contributed by atoms with E-state index in [4.69, 9.17) is 10.00 Å². The number of rotatable bonds is 7. The average molecular weight is 472 g/mol. The molecule has 0 aliphatic heterocycles. The van der Waals surface area contributed by atoms with Crippen LogP contribution >= 0.6 is 0 Å². The summed E-state index contributed by atoms with van der Waals surface area (Å²) < 4.78 is 22.6. The summed E-state index contributed by atoms with van der Waals surface area (Å²) in [5.41, 5.74) is 1.07. The first-order valence-electron chi connectivity index (χ1n) is 10.8. The molecule has 35 heavy (non-hydrogen) atoms. The molecular weight excluding hydrogens is 451 g/mol. The molecule has 2 aromatic heterocycles. The molecule has 0 saturated heterocycles. The maximum atomic E-state index is 14.8. The predicted molar refractivity (Wildman–Crippen MR) is 127 cm³/mol. The molecule has 2 heterocycles. The van der Waals surface area contributed by atoms with E-state index >= 15 is 0 Å². The Bertz CT molecular complexity index is 1540. The molecular formula is C25H21FN6O3. The highest BCUT2D eigenvalue weighted by Gasteiger charge is 2.15. The number of nitrogens with zero attached hydrogens (tertiary/aromatic N) is 5. The minimum absolute atomic E-state index is 0.0123. The van der Waals surface area contributed by atoms with Gasteiger partial charge in [0.05, 0.1) is 6.54 Å². The number of benzene rings is 2. The fraction of sp³-hybridized carbons (Fsp3) is 0.160. The van der Waals surface area contributed by atoms with Crippen LogP contribution in [0.15, 0.2) is 70.3 Å². The van der Waals surface area contributed by atoms with E-state index in [0.29, 0.717) is 0 Å². The lowest BCUT2D eigenvalue weighted by Crippen LogP contribution is -2.42. The number of nitrogens with one attached hydrogen (secondary N) is 1. The van der Waals surface area contributed by atoms with Crippen molar-refractivity contribution < 1.29 is 9.13 Å². The van der Waals surface area contributed by atoms with Gasteiger partial charge in [-0.05, 0) is 37.6 Å². The summed E-state index contributed by atoms with van der Waals surface area (Å²) in [5.74, 6) is -0.764. The summed E-state index contributed by atoms with van der Waals surface area (Å²) in [6, 6.07) is 18.1. The maximum absolute atomic E-state index is 14.8. The van der Waals surface area contributed by atoms with E-state index in [1.54, 1.807) is 13.0 Å². The van der Waals surface area contributed by atoms with Crippen LogP contribution in [0.4, 0.5) is 16.0 Å². The smallest absolute Gasteiger partial charge is 0.354 e. The number of ether oxygens (including phenoxy) is 1. The molecule has 2 aromatic carbocycles. The Morgan fingerprint density at radius 1 is 1.06 bits per heavy atom. The molecule has 0 radical (unpaired) electrons. The maximum Gasteiger partial charge on any atom is 0.354 e. The number of hydrogen-bond donors (Lipinski definition) is 1. The third kappa shape index (κ3) is 5.25. The van der Waals surface area contributed by atoms with Crippen molar-refractivity contribution in [2.24, 2.45) is 0 Å². The van der Waals surface area contributed by atoms with Gasteiger partial charge in [-0.3, -0.25) is 4.57 Å². The van der Waals surface area contributed by atoms with Gasteiger partial charge >= 0.3 is 11.4 Å². The number of nitriles is 1. The molecule has 0 amide bonds. The van der Waals surface area contributed by atoms with E-state index in [1.165, 1.54) is 28.8 Å². The lowest BCUT2D eigenvalue weighted by molar-refractivity contribution is 0.427. The standard InChI is InChI=1S/C25H21FN6O3/c1-3-31-24(33)30-23(32(25(31)34)15-17-9-7-16(2)8-10-17)29-18-11-12-21(20(26)13-18)35-22-6-4-5-19(14-27)28-22/h4-13H,3,15H2,1-2H3,(H,29,30,33). The Kier molecular flexibility index (Phi) is 6.69. The van der Waals surface area contributed by atoms with Crippen molar-refractivity contribution in [1.82, 2.24) is 19.1 Å². The van der Waals surface area contributed by atoms with Crippen molar-refractivity contribution in [2.75, 3.05) is 5.32 Å². The molecule has 4 rings (SSSR count). The van der Waals surface area contributed by atoms with Crippen LogP contribution in [0, 0.1) is 24.1 Å². The van der Waals surface area contributed by atoms with Crippen LogP contribution in [0.5, 0.6) is 11.6 Å². The number of halogens is 1. The molecule has 9 nitrogen and oxygen atoms in total. The molecule has 0 atom stereocenters. The predicted octanol–water partition coefficient (Wildman–Crippen LogP) is 3.72. The lowest BCUT2D eigenvalue weighted by atomic mass is 10.1. The second-order valence-corrected chi connectivity index (χ2v) is 7.66. The van der Waals surface area contributed by atoms with Gasteiger partial charge in [-0.25, -0.2) is 23.5 Å². The normalized spacial score (nSPS) is 10.6. The Morgan fingerprint density at radius 2 is 1.83 bits per heavy atom. The third-order valence-electron chi connectivity index (χ3n) is 5.17. The van der Waals surface area contributed by atoms with Crippen molar-refractivity contribution in [3.05, 3.63) is 104 Å². The molecule has 0 spiro atoms. The molecule has 0 aliphatic rings. The molecule has 1 N–H and O–H groups in total. The zero-order valence-electron chi connectivity index (χ0n) is 19.0. The number of anilines is 2. The first-order valence-corrected chi connectivity index (χ1v) is 10.8. The first-order chi connectivity index (χ1) is 16.9. The second kappa shape index (κ2) is 10.0. The molecule has 0 bridgehead atoms. The Labute approximate surface area is 199 Å². The Morgan fingerprint density at radius 3 is 2.51 bits per heavy atom. The Balaban J connectivity index is 1.65. The molecule has 10 heteroatoms. The fourth-order valence-electron chi connectivity index (χ4n) is 3.35. The fourth-order valence-corrected chi connectivity index (χ4v) is 3.35. The summed E-state index contributed by atoms with van der Waals surface area (Å²) in [4.78, 5) is 33.4. The molecule has 0 fully saturated rings. The van der Waals surface area contributed by atoms with Gasteiger partial charge in [-0.1, -0.05) is 35.9 Å². The van der Waals surface area contributed by atoms with Gasteiger partial charge in [0, 0.05) is 24.4 Å². The molecule has 0 saturated carbocycles. The zero-order valence-corrected chi connectivity index (χ0v) is 19.0. The molecule has 4 aromatic rings. The van der Waals surface area contributed by atoms with Gasteiger partial charge in [-0.15, -0.1) is 0 Å². The number of aryl methyl sites for hydroxylation is 1. The highest BCUT2D eigenvalue weighted by atomic mass is 19.1. The number of pyridine rings is 1. The van der Waals surface area contributed by atoms with E-state index in [0.717, 1.165) is 21.8 Å². The summed E-state index contributed by atoms with van der Waals surface area (Å²) in [6.07, 6.45) is 0. The zero-order chi connectivity index (χ0) is 24.9. The van der Waals surface area contributed by atoms with Crippen LogP contribution in [0.2, 0.25) is 0 Å². The molecule has 176 valence electrons. The SMILES string of the molecule is CCn1c(=O)nc(Nc2ccc(Oc3cccc(C#N)n3)c(F)c2)n(Cc2ccc(C)cc2)c1=O. The first kappa shape index (κ1) is 23.4. The Hall–Kier alpha value is -4.78. The summed E-state index contributed by atoms with van der Waals surface area (Å²) in [6.45, 7) is 3.98. The quantitative estimate of drug-likeness (QED) is 0.436. The van der Waals surface area contributed by atoms with E-state index < -0.39 is 17.2 Å². The van der Waals surface area contributed by atoms with E-state index in [-0.39, 0.29) is 42.0 Å². The van der Waals surface area contributed by atoms with Crippen molar-refractivity contribution in [1.29, 1.82) is 5.26 Å². The average Bonchev–Trinajstić information content (AvgIpc) is 2.85. The molecule has 0 unspecified atom stereocenters. The van der Waals surface area contributed by atoms with E-state index in [2.05, 4.69) is 15.3 Å². The van der Waals surface area contributed by atoms with Gasteiger partial charge in [0.15, 0.2) is 11.6 Å². The van der Waals surface area contributed by atoms with Crippen molar-refractivity contribution in [2.45, 2.75) is 26.9 Å². The number of aromatic nitrogens is 4. The van der Waals surface area contributed by atoms with Gasteiger partial charge in [-0.2, -0.15) is 10.2 Å². The van der Waals surface area contributed by atoms with Crippen molar-refractivity contribution >= 4 is 11.6 Å². The largest absolute Gasteiger partial charge is 0.436 e. The summed E-state index contributed by atoms with van der Waals surface area (Å²) >= 11 is 0. The van der Waals surface area contributed by atoms with Gasteiger partial charge in [0.2, 0.25) is 11.8 Å². The monoisotopic (exact) mass is 472 g/mol. The third-order valence-corrected chi connectivity index (χ3v) is 5.17. The minimum Gasteiger partial charge on any atom is -0.436 e. The number of hydrogen-bond acceptors (Lipinski definition) is 7. The van der Waals surface area contributed by atoms with Crippen LogP contribution in [-0.4, -0.2) is 19.1 Å². The highest BCUT2D eigenvalue weighted by Crippen LogP contribution is 2.27. The topological polar surface area (TPSA) is 115 Å². The van der Waals surface area contributed by atoms with Crippen molar-refractivity contribution in [3.63, 3.8) is 0 Å². The summed E-state index contributed by atoms with van der Waals surface area (Å²) in [5, 5.41) is 11.8. The van der Waals surface area contributed by atoms with Crippen LogP contribution < -0.4 is 21.4 Å². The van der Waals surface area contributed by atoms with E-state index in [9.17, 15) is 14.0 Å². The minimum atomic E-state index is -0.714. The summed E-state index contributed by atoms with van der Waals surface area (Å²) in [7, 11) is 0. The van der Waals surface area contributed by atoms with Gasteiger partial charge in [0.1, 0.15) is 11.8 Å². The van der Waals surface area contributed by atoms with Crippen molar-refractivity contribution in [3.8, 4) is 17.7 Å². The molecule has 0 aliphatic carbocycles. The lowest BCUT2D eigenvalue weighted by Gasteiger charge is -2.15. The van der Waals surface area contributed by atoms with Crippen LogP contribution in [0.25, 0.3) is 0 Å². The van der Waals surface area contributed by atoms with E-state index in [1.807, 2.05) is 37.3 Å².